The number of nitrogens with one attached hydrogen (secondary N) is 1. The van der Waals surface area contributed by atoms with Gasteiger partial charge in [0.1, 0.15) is 5.92 Å². The third kappa shape index (κ3) is 3.12. The van der Waals surface area contributed by atoms with Crippen molar-refractivity contribution < 1.29 is 9.59 Å². The number of carbonyl (C=O) groups is 2. The number of carbonyl (C=O) groups excluding carboxylic acids is 2. The Bertz CT molecular complexity index is 1130. The van der Waals surface area contributed by atoms with E-state index in [-0.39, 0.29) is 17.6 Å². The second-order valence-corrected chi connectivity index (χ2v) is 8.20. The highest BCUT2D eigenvalue weighted by Gasteiger charge is 2.42. The maximum absolute atomic E-state index is 13.1. The summed E-state index contributed by atoms with van der Waals surface area (Å²) in [5.74, 6) is -1.16. The van der Waals surface area contributed by atoms with Crippen molar-refractivity contribution in [2.24, 2.45) is 10.9 Å². The minimum atomic E-state index is -0.849. The number of Topliss-reactive ketones (excluding diaryl/α,β-unsaturated/α-hetero) is 2. The third-order valence-corrected chi connectivity index (χ3v) is 6.03. The molecule has 3 aromatic rings. The normalized spacial score (nSPS) is 18.5. The highest BCUT2D eigenvalue weighted by molar-refractivity contribution is 9.10. The van der Waals surface area contributed by atoms with Crippen LogP contribution in [0.2, 0.25) is 0 Å². The summed E-state index contributed by atoms with van der Waals surface area (Å²) in [7, 11) is 0. The van der Waals surface area contributed by atoms with Gasteiger partial charge in [-0.2, -0.15) is 0 Å². The summed E-state index contributed by atoms with van der Waals surface area (Å²) in [5.41, 5.74) is 4.32. The van der Waals surface area contributed by atoms with E-state index in [1.807, 2.05) is 48.5 Å². The van der Waals surface area contributed by atoms with Gasteiger partial charge >= 0.3 is 0 Å². The molecule has 1 atom stereocenters. The molecule has 142 valence electrons. The third-order valence-electron chi connectivity index (χ3n) is 5.50. The number of anilines is 1. The Balaban J connectivity index is 1.60. The van der Waals surface area contributed by atoms with E-state index in [2.05, 4.69) is 21.2 Å². The van der Waals surface area contributed by atoms with Crippen LogP contribution in [0.25, 0.3) is 0 Å². The van der Waals surface area contributed by atoms with Crippen LogP contribution < -0.4 is 5.32 Å². The Hall–Kier alpha value is -3.05. The molecule has 0 saturated heterocycles. The van der Waals surface area contributed by atoms with Gasteiger partial charge in [-0.1, -0.05) is 64.5 Å². The van der Waals surface area contributed by atoms with Crippen LogP contribution in [-0.2, 0) is 0 Å². The van der Waals surface area contributed by atoms with E-state index < -0.39 is 5.92 Å². The van der Waals surface area contributed by atoms with Crippen molar-refractivity contribution >= 4 is 44.6 Å². The lowest BCUT2D eigenvalue weighted by atomic mass is 9.90. The molecule has 0 fully saturated rings. The van der Waals surface area contributed by atoms with E-state index >= 15 is 0 Å². The Labute approximate surface area is 176 Å². The van der Waals surface area contributed by atoms with E-state index in [1.165, 1.54) is 0 Å². The average Bonchev–Trinajstić information content (AvgIpc) is 2.88. The number of hydrogen-bond donors (Lipinski definition) is 1. The van der Waals surface area contributed by atoms with Crippen molar-refractivity contribution in [2.75, 3.05) is 5.32 Å². The second kappa shape index (κ2) is 7.08. The van der Waals surface area contributed by atoms with Crippen molar-refractivity contribution in [1.82, 2.24) is 0 Å². The van der Waals surface area contributed by atoms with Gasteiger partial charge in [-0.25, -0.2) is 0 Å². The van der Waals surface area contributed by atoms with Gasteiger partial charge in [-0.05, 0) is 29.8 Å². The Morgan fingerprint density at radius 1 is 0.828 bits per heavy atom. The van der Waals surface area contributed by atoms with Gasteiger partial charge in [0.2, 0.25) is 0 Å². The summed E-state index contributed by atoms with van der Waals surface area (Å²) in [5, 5.41) is 3.55. The van der Waals surface area contributed by atoms with Crippen LogP contribution in [0.3, 0.4) is 0 Å². The van der Waals surface area contributed by atoms with E-state index in [0.29, 0.717) is 23.3 Å². The molecular formula is C24H17BrN2O2. The molecule has 1 unspecified atom stereocenters. The summed E-state index contributed by atoms with van der Waals surface area (Å²) in [6.07, 6.45) is 0.479. The molecule has 2 aliphatic rings. The molecule has 4 nitrogen and oxygen atoms in total. The number of ketones is 2. The van der Waals surface area contributed by atoms with Crippen LogP contribution in [0, 0.1) is 5.92 Å². The number of hydrogen-bond acceptors (Lipinski definition) is 4. The molecule has 0 bridgehead atoms. The number of nitrogens with zero attached hydrogens (tertiary/aromatic N) is 1. The van der Waals surface area contributed by atoms with Crippen molar-refractivity contribution in [3.63, 3.8) is 0 Å². The highest BCUT2D eigenvalue weighted by Crippen LogP contribution is 2.38. The first kappa shape index (κ1) is 18.0. The Morgan fingerprint density at radius 3 is 2.14 bits per heavy atom. The predicted octanol–water partition coefficient (Wildman–Crippen LogP) is 5.77. The summed E-state index contributed by atoms with van der Waals surface area (Å²) >= 11 is 3.48. The lowest BCUT2D eigenvalue weighted by Gasteiger charge is -2.20. The second-order valence-electron chi connectivity index (χ2n) is 7.28. The highest BCUT2D eigenvalue weighted by atomic mass is 79.9. The fraction of sp³-hybridized carbons (Fsp3) is 0.125. The summed E-state index contributed by atoms with van der Waals surface area (Å²) in [6.45, 7) is 0. The zero-order chi connectivity index (χ0) is 20.0. The standard InChI is InChI=1S/C24H17BrN2O2/c25-15-11-9-14(10-12-15)20-13-21(27-19-8-4-3-7-18(19)26-20)22-23(28)16-5-1-2-6-17(16)24(22)29/h1-12,20,22,26H,13H2. The average molecular weight is 445 g/mol. The molecule has 0 saturated carbocycles. The SMILES string of the molecule is O=C1c2ccccc2C(=O)C1C1=Nc2ccccc2NC(c2ccc(Br)cc2)C1. The molecule has 0 spiro atoms. The smallest absolute Gasteiger partial charge is 0.180 e. The van der Waals surface area contributed by atoms with Gasteiger partial charge in [-0.3, -0.25) is 14.6 Å². The maximum atomic E-state index is 13.1. The van der Waals surface area contributed by atoms with Crippen LogP contribution in [0.15, 0.2) is 82.3 Å². The van der Waals surface area contributed by atoms with Gasteiger partial charge in [-0.15, -0.1) is 0 Å². The lowest BCUT2D eigenvalue weighted by Crippen LogP contribution is -2.28. The van der Waals surface area contributed by atoms with Crippen LogP contribution >= 0.6 is 15.9 Å². The Morgan fingerprint density at radius 2 is 1.45 bits per heavy atom. The summed E-state index contributed by atoms with van der Waals surface area (Å²) in [4.78, 5) is 31.0. The number of fused-ring (bicyclic) bond motifs is 2. The van der Waals surface area contributed by atoms with E-state index in [1.54, 1.807) is 24.3 Å². The van der Waals surface area contributed by atoms with Crippen LogP contribution in [0.5, 0.6) is 0 Å². The summed E-state index contributed by atoms with van der Waals surface area (Å²) in [6, 6.07) is 22.8. The number of para-hydroxylation sites is 2. The largest absolute Gasteiger partial charge is 0.376 e. The van der Waals surface area contributed by atoms with Gasteiger partial charge in [0.05, 0.1) is 17.4 Å². The van der Waals surface area contributed by atoms with E-state index in [9.17, 15) is 9.59 Å². The first-order chi connectivity index (χ1) is 14.1. The van der Waals surface area contributed by atoms with Crippen molar-refractivity contribution in [3.05, 3.63) is 94.0 Å². The monoisotopic (exact) mass is 444 g/mol. The van der Waals surface area contributed by atoms with Gasteiger partial charge in [0, 0.05) is 27.7 Å². The van der Waals surface area contributed by atoms with Gasteiger partial charge < -0.3 is 5.32 Å². The summed E-state index contributed by atoms with van der Waals surface area (Å²) < 4.78 is 1.00. The van der Waals surface area contributed by atoms with Crippen molar-refractivity contribution in [2.45, 2.75) is 12.5 Å². The van der Waals surface area contributed by atoms with Crippen LogP contribution in [-0.4, -0.2) is 17.3 Å². The van der Waals surface area contributed by atoms with Crippen LogP contribution in [0.1, 0.15) is 38.7 Å². The quantitative estimate of drug-likeness (QED) is 0.510. The van der Waals surface area contributed by atoms with Crippen molar-refractivity contribution in [1.29, 1.82) is 0 Å². The first-order valence-corrected chi connectivity index (χ1v) is 10.3. The molecule has 1 aliphatic heterocycles. The van der Waals surface area contributed by atoms with Crippen LogP contribution in [0.4, 0.5) is 11.4 Å². The minimum absolute atomic E-state index is 0.0881. The number of rotatable bonds is 2. The topological polar surface area (TPSA) is 58.5 Å². The Kier molecular flexibility index (Phi) is 4.40. The van der Waals surface area contributed by atoms with Gasteiger partial charge in [0.25, 0.3) is 0 Å². The zero-order valence-electron chi connectivity index (χ0n) is 15.4. The minimum Gasteiger partial charge on any atom is -0.376 e. The molecule has 3 aromatic carbocycles. The molecule has 0 aromatic heterocycles. The molecule has 1 N–H and O–H groups in total. The number of benzene rings is 3. The lowest BCUT2D eigenvalue weighted by molar-refractivity contribution is 0.0882. The van der Waals surface area contributed by atoms with Crippen molar-refractivity contribution in [3.8, 4) is 0 Å². The number of aliphatic imine (C=N–C) groups is 1. The van der Waals surface area contributed by atoms with E-state index in [0.717, 1.165) is 21.4 Å². The molecule has 0 amide bonds. The first-order valence-electron chi connectivity index (χ1n) is 9.48. The molecular weight excluding hydrogens is 428 g/mol. The molecule has 29 heavy (non-hydrogen) atoms. The molecule has 1 heterocycles. The fourth-order valence-electron chi connectivity index (χ4n) is 4.07. The predicted molar refractivity (Wildman–Crippen MR) is 117 cm³/mol. The van der Waals surface area contributed by atoms with Gasteiger partial charge in [0.15, 0.2) is 11.6 Å². The molecule has 1 aliphatic carbocycles. The zero-order valence-corrected chi connectivity index (χ0v) is 17.0. The molecule has 5 rings (SSSR count). The van der Waals surface area contributed by atoms with E-state index in [4.69, 9.17) is 4.99 Å². The molecule has 0 radical (unpaired) electrons. The fourth-order valence-corrected chi connectivity index (χ4v) is 4.33. The number of halogens is 1. The molecule has 5 heteroatoms. The maximum Gasteiger partial charge on any atom is 0.180 e.